The Kier molecular flexibility index (Phi) is 4.44. The molecule has 0 saturated heterocycles. The Morgan fingerprint density at radius 2 is 1.78 bits per heavy atom. The van der Waals surface area contributed by atoms with Gasteiger partial charge in [0.15, 0.2) is 6.10 Å². The highest BCUT2D eigenvalue weighted by Crippen LogP contribution is 2.44. The Morgan fingerprint density at radius 3 is 2.43 bits per heavy atom. The number of rotatable bonds is 5. The second kappa shape index (κ2) is 6.50. The quantitative estimate of drug-likeness (QED) is 0.811. The monoisotopic (exact) mass is 332 g/mol. The lowest BCUT2D eigenvalue weighted by Gasteiger charge is -2.10. The van der Waals surface area contributed by atoms with Crippen molar-refractivity contribution in [2.75, 3.05) is 13.2 Å². The van der Waals surface area contributed by atoms with Crippen molar-refractivity contribution in [3.8, 4) is 17.2 Å². The van der Waals surface area contributed by atoms with Gasteiger partial charge >= 0.3 is 0 Å². The Balaban J connectivity index is 2.00. The van der Waals surface area contributed by atoms with E-state index in [-0.39, 0.29) is 5.78 Å². The van der Waals surface area contributed by atoms with Gasteiger partial charge in [0.1, 0.15) is 22.8 Å². The molecular weight excluding hydrogens is 316 g/mol. The topological polar surface area (TPSA) is 44.8 Å². The zero-order valence-electron chi connectivity index (χ0n) is 13.0. The summed E-state index contributed by atoms with van der Waals surface area (Å²) in [6.07, 6.45) is -0.682. The second-order valence-electron chi connectivity index (χ2n) is 5.07. The predicted octanol–water partition coefficient (Wildman–Crippen LogP) is 4.45. The molecule has 0 bridgehead atoms. The van der Waals surface area contributed by atoms with Gasteiger partial charge in [-0.05, 0) is 26.0 Å². The van der Waals surface area contributed by atoms with Crippen LogP contribution in [-0.4, -0.2) is 19.0 Å². The molecule has 0 aromatic heterocycles. The molecule has 0 radical (unpaired) electrons. The van der Waals surface area contributed by atoms with E-state index < -0.39 is 6.10 Å². The first kappa shape index (κ1) is 15.7. The molecule has 1 heterocycles. The average molecular weight is 333 g/mol. The van der Waals surface area contributed by atoms with Gasteiger partial charge < -0.3 is 14.2 Å². The van der Waals surface area contributed by atoms with Gasteiger partial charge in [-0.2, -0.15) is 0 Å². The highest BCUT2D eigenvalue weighted by molar-refractivity contribution is 6.30. The summed E-state index contributed by atoms with van der Waals surface area (Å²) in [5, 5.41) is 0.616. The average Bonchev–Trinajstić information content (AvgIpc) is 2.86. The fraction of sp³-hybridized carbons (Fsp3) is 0.278. The van der Waals surface area contributed by atoms with Gasteiger partial charge in [-0.3, -0.25) is 4.79 Å². The molecule has 0 amide bonds. The summed E-state index contributed by atoms with van der Waals surface area (Å²) < 4.78 is 17.0. The van der Waals surface area contributed by atoms with E-state index in [4.69, 9.17) is 25.8 Å². The van der Waals surface area contributed by atoms with Crippen LogP contribution >= 0.6 is 11.6 Å². The third-order valence-electron chi connectivity index (χ3n) is 3.55. The maximum Gasteiger partial charge on any atom is 0.215 e. The molecule has 2 aromatic carbocycles. The minimum Gasteiger partial charge on any atom is -0.494 e. The van der Waals surface area contributed by atoms with Crippen LogP contribution in [0, 0.1) is 0 Å². The highest BCUT2D eigenvalue weighted by atomic mass is 35.5. The van der Waals surface area contributed by atoms with Gasteiger partial charge in [0.2, 0.25) is 5.78 Å². The van der Waals surface area contributed by atoms with E-state index in [0.29, 0.717) is 41.0 Å². The molecule has 0 N–H and O–H groups in total. The molecule has 23 heavy (non-hydrogen) atoms. The van der Waals surface area contributed by atoms with Crippen molar-refractivity contribution in [3.05, 3.63) is 52.5 Å². The first-order valence-corrected chi connectivity index (χ1v) is 7.91. The van der Waals surface area contributed by atoms with Gasteiger partial charge in [0, 0.05) is 22.7 Å². The summed E-state index contributed by atoms with van der Waals surface area (Å²) in [7, 11) is 0. The van der Waals surface area contributed by atoms with Crippen molar-refractivity contribution in [1.82, 2.24) is 0 Å². The maximum absolute atomic E-state index is 12.8. The molecule has 0 saturated carbocycles. The normalized spacial score (nSPS) is 16.0. The minimum atomic E-state index is -0.682. The maximum atomic E-state index is 12.8. The van der Waals surface area contributed by atoms with Crippen LogP contribution in [0.15, 0.2) is 36.4 Å². The number of hydrogen-bond donors (Lipinski definition) is 0. The van der Waals surface area contributed by atoms with E-state index in [1.807, 2.05) is 13.8 Å². The van der Waals surface area contributed by atoms with Crippen LogP contribution in [0.25, 0.3) is 0 Å². The van der Waals surface area contributed by atoms with E-state index in [9.17, 15) is 4.79 Å². The van der Waals surface area contributed by atoms with Crippen LogP contribution in [0.4, 0.5) is 0 Å². The van der Waals surface area contributed by atoms with Crippen molar-refractivity contribution in [1.29, 1.82) is 0 Å². The number of carbonyl (C=O) groups is 1. The van der Waals surface area contributed by atoms with Crippen LogP contribution in [-0.2, 0) is 0 Å². The molecule has 3 rings (SSSR count). The first-order chi connectivity index (χ1) is 11.1. The number of benzene rings is 2. The minimum absolute atomic E-state index is 0.117. The number of fused-ring (bicyclic) bond motifs is 1. The summed E-state index contributed by atoms with van der Waals surface area (Å²) in [6.45, 7) is 4.76. The van der Waals surface area contributed by atoms with Crippen LogP contribution < -0.4 is 14.2 Å². The zero-order valence-corrected chi connectivity index (χ0v) is 13.7. The molecule has 2 aromatic rings. The van der Waals surface area contributed by atoms with Gasteiger partial charge in [-0.1, -0.05) is 23.7 Å². The Morgan fingerprint density at radius 1 is 1.09 bits per heavy atom. The SMILES string of the molecule is CCOc1cc(OCC)c2c(c1)OC(c1ccc(Cl)cc1)C2=O. The van der Waals surface area contributed by atoms with Gasteiger partial charge in [-0.25, -0.2) is 0 Å². The van der Waals surface area contributed by atoms with Crippen LogP contribution in [0.2, 0.25) is 5.02 Å². The summed E-state index contributed by atoms with van der Waals surface area (Å²) in [5.74, 6) is 1.49. The van der Waals surface area contributed by atoms with E-state index in [1.165, 1.54) is 0 Å². The standard InChI is InChI=1S/C18H17ClO4/c1-3-21-13-9-14(22-4-2)16-15(10-13)23-18(17(16)20)11-5-7-12(19)8-6-11/h5-10,18H,3-4H2,1-2H3. The Hall–Kier alpha value is -2.20. The number of hydrogen-bond acceptors (Lipinski definition) is 4. The Labute approximate surface area is 139 Å². The second-order valence-corrected chi connectivity index (χ2v) is 5.51. The molecule has 0 aliphatic carbocycles. The van der Waals surface area contributed by atoms with Crippen molar-refractivity contribution < 1.29 is 19.0 Å². The smallest absolute Gasteiger partial charge is 0.215 e. The van der Waals surface area contributed by atoms with E-state index in [0.717, 1.165) is 5.56 Å². The van der Waals surface area contributed by atoms with Crippen LogP contribution in [0.1, 0.15) is 35.9 Å². The lowest BCUT2D eigenvalue weighted by Crippen LogP contribution is -2.11. The summed E-state index contributed by atoms with van der Waals surface area (Å²) in [4.78, 5) is 12.8. The van der Waals surface area contributed by atoms with Gasteiger partial charge in [-0.15, -0.1) is 0 Å². The fourth-order valence-electron chi connectivity index (χ4n) is 2.59. The molecule has 0 spiro atoms. The lowest BCUT2D eigenvalue weighted by molar-refractivity contribution is 0.0856. The molecule has 1 unspecified atom stereocenters. The van der Waals surface area contributed by atoms with Crippen LogP contribution in [0.5, 0.6) is 17.2 Å². The fourth-order valence-corrected chi connectivity index (χ4v) is 2.72. The molecule has 120 valence electrons. The molecule has 1 atom stereocenters. The zero-order chi connectivity index (χ0) is 16.4. The number of halogens is 1. The predicted molar refractivity (Wildman–Crippen MR) is 87.9 cm³/mol. The molecule has 5 heteroatoms. The number of ether oxygens (including phenoxy) is 3. The largest absolute Gasteiger partial charge is 0.494 e. The molecule has 0 fully saturated rings. The first-order valence-electron chi connectivity index (χ1n) is 7.54. The molecule has 1 aliphatic heterocycles. The van der Waals surface area contributed by atoms with Crippen LogP contribution in [0.3, 0.4) is 0 Å². The van der Waals surface area contributed by atoms with E-state index in [1.54, 1.807) is 36.4 Å². The van der Waals surface area contributed by atoms with Crippen molar-refractivity contribution in [2.24, 2.45) is 0 Å². The number of carbonyl (C=O) groups excluding carboxylic acids is 1. The van der Waals surface area contributed by atoms with Crippen molar-refractivity contribution in [3.63, 3.8) is 0 Å². The third-order valence-corrected chi connectivity index (χ3v) is 3.80. The van der Waals surface area contributed by atoms with E-state index in [2.05, 4.69) is 0 Å². The molecule has 1 aliphatic rings. The third kappa shape index (κ3) is 2.99. The van der Waals surface area contributed by atoms with Crippen molar-refractivity contribution in [2.45, 2.75) is 20.0 Å². The van der Waals surface area contributed by atoms with Gasteiger partial charge in [0.05, 0.1) is 13.2 Å². The highest BCUT2D eigenvalue weighted by Gasteiger charge is 2.37. The number of Topliss-reactive ketones (excluding diaryl/α,β-unsaturated/α-hetero) is 1. The summed E-state index contributed by atoms with van der Waals surface area (Å²) >= 11 is 5.90. The van der Waals surface area contributed by atoms with E-state index >= 15 is 0 Å². The molecular formula is C18H17ClO4. The number of ketones is 1. The van der Waals surface area contributed by atoms with Crippen molar-refractivity contribution >= 4 is 17.4 Å². The molecule has 4 nitrogen and oxygen atoms in total. The lowest BCUT2D eigenvalue weighted by atomic mass is 10.0. The Bertz CT molecular complexity index is 725. The van der Waals surface area contributed by atoms with Gasteiger partial charge in [0.25, 0.3) is 0 Å². The summed E-state index contributed by atoms with van der Waals surface area (Å²) in [6, 6.07) is 10.5. The summed E-state index contributed by atoms with van der Waals surface area (Å²) in [5.41, 5.74) is 1.23.